The topological polar surface area (TPSA) is 30.5 Å². The molecule has 3 nitrogen and oxygen atoms in total. The van der Waals surface area contributed by atoms with Gasteiger partial charge in [0, 0.05) is 31.5 Å². The zero-order valence-electron chi connectivity index (χ0n) is 10.3. The van der Waals surface area contributed by atoms with E-state index in [0.717, 1.165) is 6.42 Å². The van der Waals surface area contributed by atoms with Gasteiger partial charge in [0.25, 0.3) is 0 Å². The van der Waals surface area contributed by atoms with Gasteiger partial charge in [0.15, 0.2) is 0 Å². The number of ether oxygens (including phenoxy) is 2. The van der Waals surface area contributed by atoms with Crippen LogP contribution in [0.5, 0.6) is 5.75 Å². The molecule has 1 rings (SSSR count). The maximum atomic E-state index is 12.0. The number of hydrogen-bond donors (Lipinski definition) is 1. The zero-order valence-corrected chi connectivity index (χ0v) is 10.3. The Morgan fingerprint density at radius 2 is 2.06 bits per heavy atom. The van der Waals surface area contributed by atoms with Gasteiger partial charge in [-0.1, -0.05) is 6.07 Å². The predicted molar refractivity (Wildman–Crippen MR) is 62.7 cm³/mol. The van der Waals surface area contributed by atoms with Crippen molar-refractivity contribution in [2.24, 2.45) is 0 Å². The second-order valence-electron chi connectivity index (χ2n) is 3.90. The first kappa shape index (κ1) is 14.6. The zero-order chi connectivity index (χ0) is 13.6. The molecule has 6 heteroatoms. The molecule has 0 aromatic heterocycles. The third-order valence-corrected chi connectivity index (χ3v) is 2.24. The van der Waals surface area contributed by atoms with E-state index in [1.165, 1.54) is 18.2 Å². The Kier molecular flexibility index (Phi) is 5.27. The largest absolute Gasteiger partial charge is 0.573 e. The number of methoxy groups -OCH3 is 1. The number of rotatable bonds is 6. The van der Waals surface area contributed by atoms with E-state index in [2.05, 4.69) is 10.1 Å². The second kappa shape index (κ2) is 6.49. The first-order valence-corrected chi connectivity index (χ1v) is 5.52. The second-order valence-corrected chi connectivity index (χ2v) is 3.90. The number of halogens is 3. The van der Waals surface area contributed by atoms with Gasteiger partial charge in [-0.25, -0.2) is 0 Å². The van der Waals surface area contributed by atoms with E-state index in [1.54, 1.807) is 13.2 Å². The molecule has 0 amide bonds. The molecule has 0 saturated heterocycles. The van der Waals surface area contributed by atoms with E-state index in [1.807, 2.05) is 6.92 Å². The monoisotopic (exact) mass is 263 g/mol. The summed E-state index contributed by atoms with van der Waals surface area (Å²) in [5.74, 6) is -0.230. The molecule has 0 aliphatic carbocycles. The number of nitrogens with one attached hydrogen (secondary N) is 1. The minimum absolute atomic E-state index is 0.103. The molecule has 1 aromatic rings. The molecule has 1 N–H and O–H groups in total. The third kappa shape index (κ3) is 5.77. The lowest BCUT2D eigenvalue weighted by molar-refractivity contribution is -0.274. The van der Waals surface area contributed by atoms with E-state index < -0.39 is 6.36 Å². The van der Waals surface area contributed by atoms with Crippen LogP contribution in [0.1, 0.15) is 13.3 Å². The molecule has 1 aromatic carbocycles. The van der Waals surface area contributed by atoms with Crippen LogP contribution in [0.15, 0.2) is 24.3 Å². The maximum Gasteiger partial charge on any atom is 0.573 e. The summed E-state index contributed by atoms with van der Waals surface area (Å²) in [7, 11) is 1.60. The summed E-state index contributed by atoms with van der Waals surface area (Å²) in [5.41, 5.74) is 0.584. The van der Waals surface area contributed by atoms with Gasteiger partial charge in [-0.15, -0.1) is 13.2 Å². The van der Waals surface area contributed by atoms with Gasteiger partial charge >= 0.3 is 6.36 Å². The van der Waals surface area contributed by atoms with Crippen LogP contribution in [-0.4, -0.2) is 26.1 Å². The third-order valence-electron chi connectivity index (χ3n) is 2.24. The van der Waals surface area contributed by atoms with Crippen LogP contribution in [-0.2, 0) is 4.74 Å². The van der Waals surface area contributed by atoms with Crippen molar-refractivity contribution < 1.29 is 22.6 Å². The molecule has 1 atom stereocenters. The fraction of sp³-hybridized carbons (Fsp3) is 0.500. The summed E-state index contributed by atoms with van der Waals surface area (Å²) >= 11 is 0. The summed E-state index contributed by atoms with van der Waals surface area (Å²) in [6, 6.07) is 5.87. The van der Waals surface area contributed by atoms with Crippen LogP contribution in [0.3, 0.4) is 0 Å². The minimum atomic E-state index is -4.67. The summed E-state index contributed by atoms with van der Waals surface area (Å²) in [5, 5.41) is 3.08. The van der Waals surface area contributed by atoms with Crippen molar-refractivity contribution in [1.82, 2.24) is 0 Å². The maximum absolute atomic E-state index is 12.0. The Morgan fingerprint density at radius 3 is 2.67 bits per heavy atom. The fourth-order valence-corrected chi connectivity index (χ4v) is 1.43. The van der Waals surface area contributed by atoms with E-state index >= 15 is 0 Å². The molecule has 0 saturated carbocycles. The van der Waals surface area contributed by atoms with Crippen LogP contribution in [0.25, 0.3) is 0 Å². The lowest BCUT2D eigenvalue weighted by Crippen LogP contribution is -2.18. The van der Waals surface area contributed by atoms with Gasteiger partial charge < -0.3 is 14.8 Å². The Bertz CT molecular complexity index is 369. The van der Waals surface area contributed by atoms with Crippen LogP contribution in [0, 0.1) is 0 Å². The summed E-state index contributed by atoms with van der Waals surface area (Å²) in [6.07, 6.45) is -3.90. The Labute approximate surface area is 104 Å². The average molecular weight is 263 g/mol. The molecule has 0 bridgehead atoms. The van der Waals surface area contributed by atoms with Crippen molar-refractivity contribution in [3.8, 4) is 5.75 Å². The lowest BCUT2D eigenvalue weighted by atomic mass is 10.2. The van der Waals surface area contributed by atoms with Crippen LogP contribution >= 0.6 is 0 Å². The van der Waals surface area contributed by atoms with Gasteiger partial charge in [0.05, 0.1) is 0 Å². The van der Waals surface area contributed by atoms with Gasteiger partial charge in [-0.05, 0) is 25.5 Å². The summed E-state index contributed by atoms with van der Waals surface area (Å²) in [6.45, 7) is 2.52. The van der Waals surface area contributed by atoms with E-state index in [4.69, 9.17) is 4.74 Å². The smallest absolute Gasteiger partial charge is 0.406 e. The van der Waals surface area contributed by atoms with Crippen molar-refractivity contribution in [3.63, 3.8) is 0 Å². The molecular formula is C12H16F3NO2. The molecule has 102 valence electrons. The lowest BCUT2D eigenvalue weighted by Gasteiger charge is -2.16. The highest BCUT2D eigenvalue weighted by Gasteiger charge is 2.31. The molecule has 1 unspecified atom stereocenters. The molecule has 0 aliphatic heterocycles. The van der Waals surface area contributed by atoms with Gasteiger partial charge in [-0.2, -0.15) is 0 Å². The standard InChI is InChI=1S/C12H16F3NO2/c1-9(6-7-17-2)16-10-4-3-5-11(8-10)18-12(13,14)15/h3-5,8-9,16H,6-7H2,1-2H3. The summed E-state index contributed by atoms with van der Waals surface area (Å²) < 4.78 is 44.9. The molecule has 18 heavy (non-hydrogen) atoms. The first-order valence-electron chi connectivity index (χ1n) is 5.52. The molecule has 0 spiro atoms. The quantitative estimate of drug-likeness (QED) is 0.853. The number of alkyl halides is 3. The molecule has 0 aliphatic rings. The van der Waals surface area contributed by atoms with Gasteiger partial charge in [0.2, 0.25) is 0 Å². The highest BCUT2D eigenvalue weighted by Crippen LogP contribution is 2.25. The normalized spacial score (nSPS) is 13.2. The molecule has 0 fully saturated rings. The Hall–Kier alpha value is -1.43. The minimum Gasteiger partial charge on any atom is -0.406 e. The number of hydrogen-bond acceptors (Lipinski definition) is 3. The highest BCUT2D eigenvalue weighted by atomic mass is 19.4. The van der Waals surface area contributed by atoms with Crippen LogP contribution in [0.2, 0.25) is 0 Å². The predicted octanol–water partition coefficient (Wildman–Crippen LogP) is 3.42. The summed E-state index contributed by atoms with van der Waals surface area (Å²) in [4.78, 5) is 0. The fourth-order valence-electron chi connectivity index (χ4n) is 1.43. The van der Waals surface area contributed by atoms with Crippen LogP contribution < -0.4 is 10.1 Å². The SMILES string of the molecule is COCCC(C)Nc1cccc(OC(F)(F)F)c1. The van der Waals surface area contributed by atoms with E-state index in [0.29, 0.717) is 12.3 Å². The van der Waals surface area contributed by atoms with Crippen molar-refractivity contribution in [1.29, 1.82) is 0 Å². The van der Waals surface area contributed by atoms with E-state index in [-0.39, 0.29) is 11.8 Å². The number of benzene rings is 1. The van der Waals surface area contributed by atoms with E-state index in [9.17, 15) is 13.2 Å². The number of anilines is 1. The van der Waals surface area contributed by atoms with Crippen molar-refractivity contribution in [2.75, 3.05) is 19.0 Å². The van der Waals surface area contributed by atoms with Crippen molar-refractivity contribution in [2.45, 2.75) is 25.7 Å². The Balaban J connectivity index is 2.59. The molecular weight excluding hydrogens is 247 g/mol. The van der Waals surface area contributed by atoms with Crippen molar-refractivity contribution in [3.05, 3.63) is 24.3 Å². The first-order chi connectivity index (χ1) is 8.40. The van der Waals surface area contributed by atoms with Gasteiger partial charge in [-0.3, -0.25) is 0 Å². The highest BCUT2D eigenvalue weighted by molar-refractivity contribution is 5.48. The molecule has 0 heterocycles. The average Bonchev–Trinajstić information content (AvgIpc) is 2.24. The van der Waals surface area contributed by atoms with Crippen LogP contribution in [0.4, 0.5) is 18.9 Å². The molecule has 0 radical (unpaired) electrons. The Morgan fingerprint density at radius 1 is 1.33 bits per heavy atom. The van der Waals surface area contributed by atoms with Gasteiger partial charge in [0.1, 0.15) is 5.75 Å². The van der Waals surface area contributed by atoms with Crippen molar-refractivity contribution >= 4 is 5.69 Å².